The molecule has 25 heavy (non-hydrogen) atoms. The molecule has 2 N–H and O–H groups in total. The summed E-state index contributed by atoms with van der Waals surface area (Å²) in [6.45, 7) is 4.62. The highest BCUT2D eigenvalue weighted by Crippen LogP contribution is 2.27. The average Bonchev–Trinajstić information content (AvgIpc) is 3.20. The molecule has 1 aliphatic rings. The van der Waals surface area contributed by atoms with Gasteiger partial charge in [0.1, 0.15) is 11.9 Å². The monoisotopic (exact) mass is 342 g/mol. The van der Waals surface area contributed by atoms with Gasteiger partial charge in [-0.05, 0) is 37.8 Å². The number of carbonyl (C=O) groups excluding carboxylic acids is 2. The highest BCUT2D eigenvalue weighted by Gasteiger charge is 2.31. The first-order valence-electron chi connectivity index (χ1n) is 9.03. The minimum absolute atomic E-state index is 0.0795. The molecule has 134 valence electrons. The summed E-state index contributed by atoms with van der Waals surface area (Å²) < 4.78 is 2.11. The molecule has 6 heteroatoms. The molecule has 0 saturated heterocycles. The van der Waals surface area contributed by atoms with Gasteiger partial charge in [-0.2, -0.15) is 0 Å². The lowest BCUT2D eigenvalue weighted by Crippen LogP contribution is -2.50. The predicted molar refractivity (Wildman–Crippen MR) is 97.0 cm³/mol. The third kappa shape index (κ3) is 4.00. The van der Waals surface area contributed by atoms with E-state index in [4.69, 9.17) is 0 Å². The molecule has 2 aromatic rings. The Morgan fingerprint density at radius 2 is 2.00 bits per heavy atom. The fraction of sp³-hybridized carbons (Fsp3) is 0.526. The third-order valence-corrected chi connectivity index (χ3v) is 4.99. The number of benzene rings is 1. The van der Waals surface area contributed by atoms with Crippen LogP contribution in [0.4, 0.5) is 0 Å². The van der Waals surface area contributed by atoms with Crippen LogP contribution >= 0.6 is 0 Å². The number of hydrogen-bond donors (Lipinski definition) is 2. The van der Waals surface area contributed by atoms with Crippen molar-refractivity contribution >= 4 is 22.8 Å². The van der Waals surface area contributed by atoms with E-state index < -0.39 is 6.04 Å². The predicted octanol–water partition coefficient (Wildman–Crippen LogP) is 2.16. The van der Waals surface area contributed by atoms with Crippen LogP contribution in [0.1, 0.15) is 38.4 Å². The number of imidazole rings is 1. The molecule has 0 spiro atoms. The number of rotatable bonds is 6. The molecule has 0 aliphatic heterocycles. The van der Waals surface area contributed by atoms with Crippen molar-refractivity contribution in [1.29, 1.82) is 0 Å². The van der Waals surface area contributed by atoms with Gasteiger partial charge in [-0.25, -0.2) is 4.98 Å². The van der Waals surface area contributed by atoms with Gasteiger partial charge in [0.25, 0.3) is 0 Å². The largest absolute Gasteiger partial charge is 0.353 e. The minimum Gasteiger partial charge on any atom is -0.353 e. The Balaban J connectivity index is 1.62. The molecular formula is C19H26N4O2. The number of aryl methyl sites for hydroxylation is 1. The Bertz CT molecular complexity index is 762. The second-order valence-electron chi connectivity index (χ2n) is 6.81. The van der Waals surface area contributed by atoms with Gasteiger partial charge in [0, 0.05) is 20.0 Å². The lowest BCUT2D eigenvalue weighted by molar-refractivity contribution is -0.129. The van der Waals surface area contributed by atoms with Gasteiger partial charge in [0.15, 0.2) is 0 Å². The van der Waals surface area contributed by atoms with Gasteiger partial charge in [0.05, 0.1) is 11.0 Å². The Labute approximate surface area is 148 Å². The van der Waals surface area contributed by atoms with Crippen LogP contribution < -0.4 is 10.6 Å². The summed E-state index contributed by atoms with van der Waals surface area (Å²) in [6, 6.07) is 7.58. The Morgan fingerprint density at radius 3 is 2.72 bits per heavy atom. The number of fused-ring (bicyclic) bond motifs is 1. The first-order valence-corrected chi connectivity index (χ1v) is 9.03. The minimum atomic E-state index is -0.416. The van der Waals surface area contributed by atoms with Gasteiger partial charge >= 0.3 is 0 Å². The van der Waals surface area contributed by atoms with Crippen molar-refractivity contribution in [2.24, 2.45) is 5.92 Å². The van der Waals surface area contributed by atoms with Gasteiger partial charge in [0.2, 0.25) is 11.8 Å². The molecule has 0 bridgehead atoms. The standard InChI is InChI=1S/C19H26N4O2/c1-13-21-16-9-5-6-10-17(16)23(13)12-11-20-19(25)18(22-14(2)24)15-7-3-4-8-15/h5-6,9-10,15,18H,3-4,7-8,11-12H2,1-2H3,(H,20,25)(H,22,24). The van der Waals surface area contributed by atoms with E-state index in [1.54, 1.807) is 0 Å². The second kappa shape index (κ2) is 7.68. The van der Waals surface area contributed by atoms with Crippen LogP contribution in [0.5, 0.6) is 0 Å². The molecule has 1 unspecified atom stereocenters. The first-order chi connectivity index (χ1) is 12.1. The fourth-order valence-corrected chi connectivity index (χ4v) is 3.79. The SMILES string of the molecule is CC(=O)NC(C(=O)NCCn1c(C)nc2ccccc21)C1CCCC1. The fourth-order valence-electron chi connectivity index (χ4n) is 3.79. The van der Waals surface area contributed by atoms with Crippen LogP contribution in [-0.2, 0) is 16.1 Å². The Hall–Kier alpha value is -2.37. The summed E-state index contributed by atoms with van der Waals surface area (Å²) in [5.74, 6) is 0.956. The normalized spacial score (nSPS) is 16.1. The molecule has 0 radical (unpaired) electrons. The topological polar surface area (TPSA) is 76.0 Å². The maximum Gasteiger partial charge on any atom is 0.242 e. The lowest BCUT2D eigenvalue weighted by Gasteiger charge is -2.23. The van der Waals surface area contributed by atoms with Gasteiger partial charge in [-0.3, -0.25) is 9.59 Å². The summed E-state index contributed by atoms with van der Waals surface area (Å²) in [6.07, 6.45) is 4.27. The third-order valence-electron chi connectivity index (χ3n) is 4.99. The zero-order valence-electron chi connectivity index (χ0n) is 14.9. The molecule has 1 fully saturated rings. The molecule has 1 aromatic carbocycles. The first kappa shape index (κ1) is 17.5. The van der Waals surface area contributed by atoms with Gasteiger partial charge in [-0.15, -0.1) is 0 Å². The van der Waals surface area contributed by atoms with E-state index >= 15 is 0 Å². The summed E-state index contributed by atoms with van der Waals surface area (Å²) >= 11 is 0. The lowest BCUT2D eigenvalue weighted by atomic mass is 9.97. The number of para-hydroxylation sites is 2. The van der Waals surface area contributed by atoms with Crippen molar-refractivity contribution in [3.63, 3.8) is 0 Å². The summed E-state index contributed by atoms with van der Waals surface area (Å²) in [4.78, 5) is 28.6. The highest BCUT2D eigenvalue weighted by atomic mass is 16.2. The van der Waals surface area contributed by atoms with Crippen LogP contribution in [-0.4, -0.2) is 34.0 Å². The van der Waals surface area contributed by atoms with E-state index in [2.05, 4.69) is 20.2 Å². The molecule has 2 amide bonds. The number of nitrogens with zero attached hydrogens (tertiary/aromatic N) is 2. The molecule has 3 rings (SSSR count). The molecule has 1 atom stereocenters. The van der Waals surface area contributed by atoms with Crippen LogP contribution in [0, 0.1) is 12.8 Å². The van der Waals surface area contributed by atoms with E-state index in [0.717, 1.165) is 42.5 Å². The van der Waals surface area contributed by atoms with Crippen molar-refractivity contribution in [1.82, 2.24) is 20.2 Å². The number of nitrogens with one attached hydrogen (secondary N) is 2. The van der Waals surface area contributed by atoms with Crippen molar-refractivity contribution in [2.45, 2.75) is 52.1 Å². The summed E-state index contributed by atoms with van der Waals surface area (Å²) in [5, 5.41) is 5.83. The summed E-state index contributed by atoms with van der Waals surface area (Å²) in [7, 11) is 0. The molecule has 1 aromatic heterocycles. The molecule has 6 nitrogen and oxygen atoms in total. The zero-order chi connectivity index (χ0) is 17.8. The number of aromatic nitrogens is 2. The van der Waals surface area contributed by atoms with E-state index in [9.17, 15) is 9.59 Å². The highest BCUT2D eigenvalue weighted by molar-refractivity contribution is 5.87. The van der Waals surface area contributed by atoms with Crippen LogP contribution in [0.2, 0.25) is 0 Å². The zero-order valence-corrected chi connectivity index (χ0v) is 14.9. The number of carbonyl (C=O) groups is 2. The molecular weight excluding hydrogens is 316 g/mol. The van der Waals surface area contributed by atoms with Crippen molar-refractivity contribution < 1.29 is 9.59 Å². The van der Waals surface area contributed by atoms with Crippen molar-refractivity contribution in [3.8, 4) is 0 Å². The van der Waals surface area contributed by atoms with E-state index in [1.165, 1.54) is 6.92 Å². The van der Waals surface area contributed by atoms with Crippen LogP contribution in [0.25, 0.3) is 11.0 Å². The number of hydrogen-bond acceptors (Lipinski definition) is 3. The molecule has 1 aliphatic carbocycles. The van der Waals surface area contributed by atoms with Crippen LogP contribution in [0.3, 0.4) is 0 Å². The van der Waals surface area contributed by atoms with Crippen LogP contribution in [0.15, 0.2) is 24.3 Å². The van der Waals surface area contributed by atoms with Gasteiger partial charge in [-0.1, -0.05) is 25.0 Å². The quantitative estimate of drug-likeness (QED) is 0.844. The van der Waals surface area contributed by atoms with E-state index in [0.29, 0.717) is 13.1 Å². The maximum atomic E-state index is 12.6. The average molecular weight is 342 g/mol. The Morgan fingerprint density at radius 1 is 1.28 bits per heavy atom. The van der Waals surface area contributed by atoms with E-state index in [1.807, 2.05) is 31.2 Å². The smallest absolute Gasteiger partial charge is 0.242 e. The second-order valence-corrected chi connectivity index (χ2v) is 6.81. The number of amides is 2. The van der Waals surface area contributed by atoms with Crippen molar-refractivity contribution in [2.75, 3.05) is 6.54 Å². The molecule has 1 saturated carbocycles. The van der Waals surface area contributed by atoms with E-state index in [-0.39, 0.29) is 17.7 Å². The molecule has 1 heterocycles. The maximum absolute atomic E-state index is 12.6. The van der Waals surface area contributed by atoms with Gasteiger partial charge < -0.3 is 15.2 Å². The summed E-state index contributed by atoms with van der Waals surface area (Å²) in [5.41, 5.74) is 2.04. The van der Waals surface area contributed by atoms with Crippen molar-refractivity contribution in [3.05, 3.63) is 30.1 Å². The Kier molecular flexibility index (Phi) is 5.36.